The normalized spacial score (nSPS) is 14.8. The number of carbonyl (C=O) groups excluding carboxylic acids is 3. The van der Waals surface area contributed by atoms with E-state index in [0.717, 1.165) is 6.42 Å². The minimum atomic E-state index is -0.441. The first-order valence-electron chi connectivity index (χ1n) is 10.4. The van der Waals surface area contributed by atoms with Crippen LogP contribution in [-0.2, 0) is 9.59 Å². The Balaban J connectivity index is 1.86. The highest BCUT2D eigenvalue weighted by molar-refractivity contribution is 5.96. The van der Waals surface area contributed by atoms with Crippen LogP contribution in [0.25, 0.3) is 0 Å². The standard InChI is InChI=1S/C22H33N3O5/c1-6-13-30-17-8-7-16(14-18(17)29-5)20(27)24-23-19(26)15-9-11-25(12-10-15)21(28)22(2,3)4/h7-8,14-15H,6,9-13H2,1-5H3,(H,23,26)(H,24,27). The lowest BCUT2D eigenvalue weighted by atomic mass is 9.91. The summed E-state index contributed by atoms with van der Waals surface area (Å²) in [6, 6.07) is 4.86. The molecule has 0 saturated carbocycles. The molecule has 0 bridgehead atoms. The van der Waals surface area contributed by atoms with Crippen LogP contribution < -0.4 is 20.3 Å². The van der Waals surface area contributed by atoms with Crippen LogP contribution in [0, 0.1) is 11.3 Å². The van der Waals surface area contributed by atoms with E-state index in [1.165, 1.54) is 7.11 Å². The van der Waals surface area contributed by atoms with Gasteiger partial charge in [-0.05, 0) is 37.5 Å². The lowest BCUT2D eigenvalue weighted by molar-refractivity contribution is -0.142. The van der Waals surface area contributed by atoms with E-state index in [-0.39, 0.29) is 17.7 Å². The van der Waals surface area contributed by atoms with E-state index < -0.39 is 11.3 Å². The molecule has 0 spiro atoms. The number of nitrogens with zero attached hydrogens (tertiary/aromatic N) is 1. The second-order valence-electron chi connectivity index (χ2n) is 8.47. The molecule has 1 aliphatic rings. The Hall–Kier alpha value is -2.77. The molecule has 0 atom stereocenters. The summed E-state index contributed by atoms with van der Waals surface area (Å²) < 4.78 is 10.9. The number of likely N-dealkylation sites (tertiary alicyclic amines) is 1. The molecule has 2 N–H and O–H groups in total. The van der Waals surface area contributed by atoms with E-state index >= 15 is 0 Å². The summed E-state index contributed by atoms with van der Waals surface area (Å²) in [7, 11) is 1.51. The summed E-state index contributed by atoms with van der Waals surface area (Å²) in [5, 5.41) is 0. The fourth-order valence-electron chi connectivity index (χ4n) is 3.25. The lowest BCUT2D eigenvalue weighted by Crippen LogP contribution is -2.49. The molecule has 2 rings (SSSR count). The Morgan fingerprint density at radius 3 is 2.33 bits per heavy atom. The first-order chi connectivity index (χ1) is 14.2. The van der Waals surface area contributed by atoms with Gasteiger partial charge < -0.3 is 14.4 Å². The van der Waals surface area contributed by atoms with Gasteiger partial charge in [0.1, 0.15) is 0 Å². The van der Waals surface area contributed by atoms with Crippen molar-refractivity contribution in [1.82, 2.24) is 15.8 Å². The van der Waals surface area contributed by atoms with Crippen molar-refractivity contribution >= 4 is 17.7 Å². The molecule has 1 aromatic carbocycles. The smallest absolute Gasteiger partial charge is 0.269 e. The maximum absolute atomic E-state index is 12.4. The molecule has 0 radical (unpaired) electrons. The highest BCUT2D eigenvalue weighted by atomic mass is 16.5. The molecular formula is C22H33N3O5. The maximum Gasteiger partial charge on any atom is 0.269 e. The van der Waals surface area contributed by atoms with Gasteiger partial charge in [0.15, 0.2) is 11.5 Å². The third-order valence-corrected chi connectivity index (χ3v) is 4.98. The van der Waals surface area contributed by atoms with Crippen LogP contribution in [0.2, 0.25) is 0 Å². The second-order valence-corrected chi connectivity index (χ2v) is 8.47. The van der Waals surface area contributed by atoms with Crippen molar-refractivity contribution < 1.29 is 23.9 Å². The zero-order valence-corrected chi connectivity index (χ0v) is 18.5. The molecule has 166 valence electrons. The van der Waals surface area contributed by atoms with Gasteiger partial charge in [-0.2, -0.15) is 0 Å². The van der Waals surface area contributed by atoms with Gasteiger partial charge in [0, 0.05) is 30.0 Å². The van der Waals surface area contributed by atoms with E-state index in [1.54, 1.807) is 23.1 Å². The summed E-state index contributed by atoms with van der Waals surface area (Å²) in [6.07, 6.45) is 2.00. The molecule has 0 unspecified atom stereocenters. The molecule has 3 amide bonds. The van der Waals surface area contributed by atoms with Crippen LogP contribution in [0.3, 0.4) is 0 Å². The van der Waals surface area contributed by atoms with E-state index in [4.69, 9.17) is 9.47 Å². The Labute approximate surface area is 178 Å². The number of piperidine rings is 1. The van der Waals surface area contributed by atoms with Crippen LogP contribution in [0.15, 0.2) is 18.2 Å². The minimum Gasteiger partial charge on any atom is -0.493 e. The van der Waals surface area contributed by atoms with Crippen LogP contribution in [0.5, 0.6) is 11.5 Å². The Kier molecular flexibility index (Phi) is 8.08. The minimum absolute atomic E-state index is 0.0926. The molecular weight excluding hydrogens is 386 g/mol. The molecule has 1 heterocycles. The van der Waals surface area contributed by atoms with Crippen molar-refractivity contribution in [3.8, 4) is 11.5 Å². The fraction of sp³-hybridized carbons (Fsp3) is 0.591. The summed E-state index contributed by atoms with van der Waals surface area (Å²) in [5.74, 6) is 0.184. The van der Waals surface area contributed by atoms with E-state index in [1.807, 2.05) is 27.7 Å². The van der Waals surface area contributed by atoms with Gasteiger partial charge in [-0.25, -0.2) is 0 Å². The lowest BCUT2D eigenvalue weighted by Gasteiger charge is -2.35. The predicted molar refractivity (Wildman–Crippen MR) is 113 cm³/mol. The molecule has 0 aliphatic carbocycles. The number of methoxy groups -OCH3 is 1. The van der Waals surface area contributed by atoms with E-state index in [9.17, 15) is 14.4 Å². The highest BCUT2D eigenvalue weighted by Crippen LogP contribution is 2.28. The van der Waals surface area contributed by atoms with Crippen LogP contribution in [0.1, 0.15) is 57.3 Å². The zero-order chi connectivity index (χ0) is 22.3. The zero-order valence-electron chi connectivity index (χ0n) is 18.5. The number of hydrogen-bond acceptors (Lipinski definition) is 5. The molecule has 8 nitrogen and oxygen atoms in total. The number of benzene rings is 1. The third-order valence-electron chi connectivity index (χ3n) is 4.98. The van der Waals surface area contributed by atoms with Gasteiger partial charge in [-0.1, -0.05) is 27.7 Å². The first-order valence-corrected chi connectivity index (χ1v) is 10.4. The van der Waals surface area contributed by atoms with Crippen molar-refractivity contribution in [2.75, 3.05) is 26.8 Å². The Morgan fingerprint density at radius 1 is 1.10 bits per heavy atom. The van der Waals surface area contributed by atoms with Crippen molar-refractivity contribution in [1.29, 1.82) is 0 Å². The number of rotatable bonds is 6. The summed E-state index contributed by atoms with van der Waals surface area (Å²) >= 11 is 0. The van der Waals surface area contributed by atoms with Crippen LogP contribution >= 0.6 is 0 Å². The largest absolute Gasteiger partial charge is 0.493 e. The van der Waals surface area contributed by atoms with Gasteiger partial charge in [0.25, 0.3) is 5.91 Å². The average molecular weight is 420 g/mol. The molecule has 1 aliphatic heterocycles. The van der Waals surface area contributed by atoms with Gasteiger partial charge in [0.2, 0.25) is 11.8 Å². The molecule has 0 aromatic heterocycles. The molecule has 1 fully saturated rings. The molecule has 30 heavy (non-hydrogen) atoms. The number of carbonyl (C=O) groups is 3. The summed E-state index contributed by atoms with van der Waals surface area (Å²) in [5.41, 5.74) is 4.87. The Morgan fingerprint density at radius 2 is 1.77 bits per heavy atom. The van der Waals surface area contributed by atoms with Crippen molar-refractivity contribution in [2.45, 2.75) is 47.0 Å². The monoisotopic (exact) mass is 419 g/mol. The average Bonchev–Trinajstić information content (AvgIpc) is 2.74. The van der Waals surface area contributed by atoms with Gasteiger partial charge in [0.05, 0.1) is 13.7 Å². The molecule has 8 heteroatoms. The fourth-order valence-corrected chi connectivity index (χ4v) is 3.25. The number of hydrazine groups is 1. The van der Waals surface area contributed by atoms with Crippen molar-refractivity contribution in [2.24, 2.45) is 11.3 Å². The molecule has 1 aromatic rings. The highest BCUT2D eigenvalue weighted by Gasteiger charge is 2.32. The van der Waals surface area contributed by atoms with E-state index in [2.05, 4.69) is 10.9 Å². The van der Waals surface area contributed by atoms with Crippen molar-refractivity contribution in [3.63, 3.8) is 0 Å². The SMILES string of the molecule is CCCOc1ccc(C(=O)NNC(=O)C2CCN(C(=O)C(C)(C)C)CC2)cc1OC. The van der Waals surface area contributed by atoms with Crippen LogP contribution in [-0.4, -0.2) is 49.4 Å². The van der Waals surface area contributed by atoms with E-state index in [0.29, 0.717) is 49.6 Å². The number of ether oxygens (including phenoxy) is 2. The molecule has 1 saturated heterocycles. The summed E-state index contributed by atoms with van der Waals surface area (Å²) in [4.78, 5) is 39.0. The third kappa shape index (κ3) is 6.11. The van der Waals surface area contributed by atoms with Gasteiger partial charge >= 0.3 is 0 Å². The van der Waals surface area contributed by atoms with Crippen molar-refractivity contribution in [3.05, 3.63) is 23.8 Å². The van der Waals surface area contributed by atoms with Crippen LogP contribution in [0.4, 0.5) is 0 Å². The topological polar surface area (TPSA) is 97.0 Å². The number of hydrogen-bond donors (Lipinski definition) is 2. The maximum atomic E-state index is 12.4. The predicted octanol–water partition coefficient (Wildman–Crippen LogP) is 2.53. The Bertz CT molecular complexity index is 765. The second kappa shape index (κ2) is 10.3. The summed E-state index contributed by atoms with van der Waals surface area (Å²) in [6.45, 7) is 9.31. The quantitative estimate of drug-likeness (QED) is 0.691. The van der Waals surface area contributed by atoms with Gasteiger partial charge in [-0.15, -0.1) is 0 Å². The van der Waals surface area contributed by atoms with Gasteiger partial charge in [-0.3, -0.25) is 25.2 Å². The number of amides is 3. The number of nitrogens with one attached hydrogen (secondary N) is 2. The first kappa shape index (κ1) is 23.5.